The summed E-state index contributed by atoms with van der Waals surface area (Å²) in [6.45, 7) is 0. The molecule has 2 aromatic heterocycles. The van der Waals surface area contributed by atoms with Crippen molar-refractivity contribution in [2.45, 2.75) is 5.41 Å². The van der Waals surface area contributed by atoms with Gasteiger partial charge in [-0.1, -0.05) is 212 Å². The average Bonchev–Trinajstić information content (AvgIpc) is 4.17. The highest BCUT2D eigenvalue weighted by atomic mass is 32.1. The summed E-state index contributed by atoms with van der Waals surface area (Å²) in [6.07, 6.45) is 0. The largest absolute Gasteiger partial charge is 0.310 e. The molecule has 0 aliphatic heterocycles. The number of hydrogen-bond donors (Lipinski definition) is 0. The topological polar surface area (TPSA) is 8.17 Å². The highest BCUT2D eigenvalue weighted by molar-refractivity contribution is 7.25. The van der Waals surface area contributed by atoms with Gasteiger partial charge in [0.15, 0.2) is 0 Å². The van der Waals surface area contributed by atoms with E-state index in [0.29, 0.717) is 0 Å². The fourth-order valence-electron chi connectivity index (χ4n) is 12.4. The van der Waals surface area contributed by atoms with Crippen LogP contribution in [-0.2, 0) is 5.41 Å². The molecule has 14 aromatic rings. The van der Waals surface area contributed by atoms with Crippen LogP contribution in [-0.4, -0.2) is 4.57 Å². The first kappa shape index (κ1) is 44.0. The summed E-state index contributed by atoms with van der Waals surface area (Å²) in [5, 5.41) is 5.17. The average molecular weight is 985 g/mol. The quantitative estimate of drug-likeness (QED) is 0.140. The standard InChI is InChI=1S/C73H48N2S/c1-3-17-55(18-4-1)73(56-19-5-2-6-20-56)67-26-11-7-22-61(67)65-48-60(43-44-68(65)73)74(57-39-34-50(35-40-57)49-30-32-51(33-31-49)54-38-45-72-66(47-54)64-25-10-14-29-71(64)76-72)58-41-36-52(37-42-58)53-16-15-21-59(46-53)75-69-27-12-8-23-62(69)63-24-9-13-28-70(63)75/h1-48H. The van der Waals surface area contributed by atoms with Crippen LogP contribution in [0.15, 0.2) is 291 Å². The van der Waals surface area contributed by atoms with Crippen LogP contribution < -0.4 is 4.90 Å². The van der Waals surface area contributed by atoms with E-state index < -0.39 is 5.41 Å². The number of fused-ring (bicyclic) bond motifs is 9. The van der Waals surface area contributed by atoms with Gasteiger partial charge in [-0.05, 0) is 146 Å². The Bertz CT molecular complexity index is 4400. The second kappa shape index (κ2) is 17.8. The van der Waals surface area contributed by atoms with Crippen molar-refractivity contribution in [3.63, 3.8) is 0 Å². The number of para-hydroxylation sites is 2. The third kappa shape index (κ3) is 7.01. The Hall–Kier alpha value is -9.54. The van der Waals surface area contributed by atoms with Gasteiger partial charge in [0.25, 0.3) is 0 Å². The molecule has 0 spiro atoms. The van der Waals surface area contributed by atoms with E-state index in [1.54, 1.807) is 0 Å². The SMILES string of the molecule is c1ccc(C2(c3ccccc3)c3ccccc3-c3cc(N(c4ccc(-c5ccc(-c6ccc7sc8ccccc8c7c6)cc5)cc4)c4ccc(-c5cccc(-n6c7ccccc7c7ccccc76)c5)cc4)ccc32)cc1. The fourth-order valence-corrected chi connectivity index (χ4v) is 13.5. The van der Waals surface area contributed by atoms with Crippen LogP contribution in [0.1, 0.15) is 22.3 Å². The first-order valence-electron chi connectivity index (χ1n) is 26.1. The van der Waals surface area contributed by atoms with Gasteiger partial charge in [-0.2, -0.15) is 0 Å². The van der Waals surface area contributed by atoms with Crippen molar-refractivity contribution in [3.8, 4) is 50.2 Å². The number of benzene rings is 12. The molecule has 0 N–H and O–H groups in total. The van der Waals surface area contributed by atoms with Crippen LogP contribution in [0.2, 0.25) is 0 Å². The third-order valence-corrected chi connectivity index (χ3v) is 17.0. The van der Waals surface area contributed by atoms with Gasteiger partial charge in [-0.25, -0.2) is 0 Å². The number of thiophene rings is 1. The fraction of sp³-hybridized carbons (Fsp3) is 0.0137. The minimum atomic E-state index is -0.477. The van der Waals surface area contributed by atoms with Crippen molar-refractivity contribution < 1.29 is 0 Å². The van der Waals surface area contributed by atoms with Crippen LogP contribution >= 0.6 is 11.3 Å². The van der Waals surface area contributed by atoms with Gasteiger partial charge in [0.05, 0.1) is 16.4 Å². The van der Waals surface area contributed by atoms with E-state index in [1.165, 1.54) is 103 Å². The number of anilines is 3. The summed E-state index contributed by atoms with van der Waals surface area (Å²) in [6, 6.07) is 108. The molecule has 12 aromatic carbocycles. The molecule has 76 heavy (non-hydrogen) atoms. The predicted octanol–water partition coefficient (Wildman–Crippen LogP) is 20.0. The maximum atomic E-state index is 2.42. The monoisotopic (exact) mass is 984 g/mol. The minimum absolute atomic E-state index is 0.477. The summed E-state index contributed by atoms with van der Waals surface area (Å²) in [4.78, 5) is 2.42. The van der Waals surface area contributed by atoms with Crippen molar-refractivity contribution >= 4 is 70.4 Å². The van der Waals surface area contributed by atoms with Gasteiger partial charge in [0, 0.05) is 53.7 Å². The van der Waals surface area contributed by atoms with E-state index in [-0.39, 0.29) is 0 Å². The summed E-state index contributed by atoms with van der Waals surface area (Å²) in [7, 11) is 0. The molecule has 0 saturated heterocycles. The van der Waals surface area contributed by atoms with Crippen LogP contribution in [0.5, 0.6) is 0 Å². The van der Waals surface area contributed by atoms with E-state index in [4.69, 9.17) is 0 Å². The molecule has 356 valence electrons. The van der Waals surface area contributed by atoms with Crippen molar-refractivity contribution in [1.29, 1.82) is 0 Å². The van der Waals surface area contributed by atoms with Gasteiger partial charge in [-0.15, -0.1) is 11.3 Å². The number of aromatic nitrogens is 1. The first-order chi connectivity index (χ1) is 37.7. The highest BCUT2D eigenvalue weighted by Gasteiger charge is 2.46. The molecular formula is C73H48N2S. The van der Waals surface area contributed by atoms with Gasteiger partial charge < -0.3 is 9.47 Å². The van der Waals surface area contributed by atoms with Crippen LogP contribution in [0.3, 0.4) is 0 Å². The van der Waals surface area contributed by atoms with Gasteiger partial charge in [0.2, 0.25) is 0 Å². The Morgan fingerprint density at radius 1 is 0.289 bits per heavy atom. The molecule has 0 bridgehead atoms. The van der Waals surface area contributed by atoms with E-state index in [2.05, 4.69) is 301 Å². The van der Waals surface area contributed by atoms with Crippen molar-refractivity contribution in [2.24, 2.45) is 0 Å². The lowest BCUT2D eigenvalue weighted by atomic mass is 9.68. The zero-order chi connectivity index (χ0) is 50.2. The Labute approximate surface area is 446 Å². The maximum absolute atomic E-state index is 2.42. The van der Waals surface area contributed by atoms with E-state index in [0.717, 1.165) is 28.3 Å². The summed E-state index contributed by atoms with van der Waals surface area (Å²) >= 11 is 1.86. The summed E-state index contributed by atoms with van der Waals surface area (Å²) < 4.78 is 5.05. The van der Waals surface area contributed by atoms with E-state index in [9.17, 15) is 0 Å². The molecule has 2 heterocycles. The second-order valence-electron chi connectivity index (χ2n) is 20.0. The number of hydrogen-bond acceptors (Lipinski definition) is 2. The molecule has 0 fully saturated rings. The minimum Gasteiger partial charge on any atom is -0.310 e. The molecule has 1 aliphatic carbocycles. The normalized spacial score (nSPS) is 12.6. The van der Waals surface area contributed by atoms with Gasteiger partial charge >= 0.3 is 0 Å². The first-order valence-corrected chi connectivity index (χ1v) is 27.0. The van der Waals surface area contributed by atoms with Crippen molar-refractivity contribution in [3.05, 3.63) is 313 Å². The lowest BCUT2D eigenvalue weighted by Crippen LogP contribution is -2.28. The summed E-state index contributed by atoms with van der Waals surface area (Å²) in [5.41, 5.74) is 21.1. The molecular weight excluding hydrogens is 937 g/mol. The summed E-state index contributed by atoms with van der Waals surface area (Å²) in [5.74, 6) is 0. The lowest BCUT2D eigenvalue weighted by Gasteiger charge is -2.34. The molecule has 0 atom stereocenters. The molecule has 1 aliphatic rings. The number of nitrogens with zero attached hydrogens (tertiary/aromatic N) is 2. The lowest BCUT2D eigenvalue weighted by molar-refractivity contribution is 0.768. The van der Waals surface area contributed by atoms with Crippen molar-refractivity contribution in [2.75, 3.05) is 4.90 Å². The Kier molecular flexibility index (Phi) is 10.3. The van der Waals surface area contributed by atoms with Crippen LogP contribution in [0, 0.1) is 0 Å². The van der Waals surface area contributed by atoms with Crippen molar-refractivity contribution in [1.82, 2.24) is 4.57 Å². The molecule has 0 amide bonds. The Morgan fingerprint density at radius 2 is 0.763 bits per heavy atom. The molecule has 0 saturated carbocycles. The van der Waals surface area contributed by atoms with Gasteiger partial charge in [0.1, 0.15) is 0 Å². The third-order valence-electron chi connectivity index (χ3n) is 15.9. The van der Waals surface area contributed by atoms with Gasteiger partial charge in [-0.3, -0.25) is 0 Å². The zero-order valence-electron chi connectivity index (χ0n) is 41.5. The molecule has 15 rings (SSSR count). The van der Waals surface area contributed by atoms with E-state index >= 15 is 0 Å². The Morgan fingerprint density at radius 3 is 1.41 bits per heavy atom. The molecule has 3 heteroatoms. The van der Waals surface area contributed by atoms with Crippen LogP contribution in [0.4, 0.5) is 17.1 Å². The Balaban J connectivity index is 0.828. The predicted molar refractivity (Wildman–Crippen MR) is 322 cm³/mol. The highest BCUT2D eigenvalue weighted by Crippen LogP contribution is 2.57. The molecule has 2 nitrogen and oxygen atoms in total. The second-order valence-corrected chi connectivity index (χ2v) is 21.1. The molecule has 0 unspecified atom stereocenters. The van der Waals surface area contributed by atoms with E-state index in [1.807, 2.05) is 11.3 Å². The maximum Gasteiger partial charge on any atom is 0.0713 e. The number of rotatable bonds is 9. The zero-order valence-corrected chi connectivity index (χ0v) is 42.3. The molecule has 0 radical (unpaired) electrons. The van der Waals surface area contributed by atoms with Crippen LogP contribution in [0.25, 0.3) is 92.2 Å². The smallest absolute Gasteiger partial charge is 0.0713 e.